The standard InChI is InChI=1S/C23H24N8O2/c1-17-24-7-9-31(17)21-14-20(25-15-26-21)28-10-12-29(13-11-28)22(32)6-8-30-16-27-19-5-3-2-4-18(19)23(30)33/h2-5,7,9,14-16H,6,8,10-13H2,1H3. The number of anilines is 1. The quantitative estimate of drug-likeness (QED) is 0.459. The van der Waals surface area contributed by atoms with Gasteiger partial charge < -0.3 is 9.80 Å². The van der Waals surface area contributed by atoms with Gasteiger partial charge in [0.15, 0.2) is 0 Å². The van der Waals surface area contributed by atoms with Crippen molar-refractivity contribution >= 4 is 22.6 Å². The van der Waals surface area contributed by atoms with Crippen molar-refractivity contribution in [3.8, 4) is 5.82 Å². The largest absolute Gasteiger partial charge is 0.353 e. The fourth-order valence-electron chi connectivity index (χ4n) is 4.09. The number of benzene rings is 1. The summed E-state index contributed by atoms with van der Waals surface area (Å²) in [4.78, 5) is 46.7. The zero-order valence-electron chi connectivity index (χ0n) is 18.3. The van der Waals surface area contributed by atoms with Crippen LogP contribution in [0.5, 0.6) is 0 Å². The number of nitrogens with zero attached hydrogens (tertiary/aromatic N) is 8. The molecule has 33 heavy (non-hydrogen) atoms. The first kappa shape index (κ1) is 20.8. The molecule has 1 fully saturated rings. The number of amides is 1. The van der Waals surface area contributed by atoms with Gasteiger partial charge >= 0.3 is 0 Å². The van der Waals surface area contributed by atoms with E-state index < -0.39 is 0 Å². The second-order valence-corrected chi connectivity index (χ2v) is 7.96. The number of piperazine rings is 1. The highest BCUT2D eigenvalue weighted by Crippen LogP contribution is 2.17. The average molecular weight is 444 g/mol. The number of rotatable bonds is 5. The Hall–Kier alpha value is -4.08. The van der Waals surface area contributed by atoms with Crippen molar-refractivity contribution < 1.29 is 4.79 Å². The molecule has 168 valence electrons. The SMILES string of the molecule is Cc1nccn1-c1cc(N2CCN(C(=O)CCn3cnc4ccccc4c3=O)CC2)ncn1. The molecule has 0 aliphatic carbocycles. The molecule has 0 radical (unpaired) electrons. The average Bonchev–Trinajstić information content (AvgIpc) is 3.29. The Morgan fingerprint density at radius 3 is 2.58 bits per heavy atom. The Balaban J connectivity index is 1.19. The fraction of sp³-hybridized carbons (Fsp3) is 0.304. The lowest BCUT2D eigenvalue weighted by atomic mass is 10.2. The molecule has 4 aromatic rings. The second kappa shape index (κ2) is 8.81. The fourth-order valence-corrected chi connectivity index (χ4v) is 4.09. The number of carbonyl (C=O) groups is 1. The molecule has 1 amide bonds. The van der Waals surface area contributed by atoms with Crippen LogP contribution in [-0.4, -0.2) is 66.1 Å². The molecule has 0 spiro atoms. The van der Waals surface area contributed by atoms with Gasteiger partial charge in [-0.25, -0.2) is 19.9 Å². The molecular weight excluding hydrogens is 420 g/mol. The van der Waals surface area contributed by atoms with E-state index in [-0.39, 0.29) is 17.9 Å². The first-order valence-corrected chi connectivity index (χ1v) is 10.9. The first-order chi connectivity index (χ1) is 16.1. The topological polar surface area (TPSA) is 102 Å². The normalized spacial score (nSPS) is 14.1. The highest BCUT2D eigenvalue weighted by Gasteiger charge is 2.22. The molecular formula is C23H24N8O2. The van der Waals surface area contributed by atoms with Crippen LogP contribution in [0.3, 0.4) is 0 Å². The third kappa shape index (κ3) is 4.19. The Morgan fingerprint density at radius 1 is 1.00 bits per heavy atom. The summed E-state index contributed by atoms with van der Waals surface area (Å²) in [6.07, 6.45) is 6.94. The van der Waals surface area contributed by atoms with Crippen LogP contribution < -0.4 is 10.5 Å². The Labute approximate surface area is 190 Å². The van der Waals surface area contributed by atoms with Crippen LogP contribution >= 0.6 is 0 Å². The maximum absolute atomic E-state index is 12.8. The van der Waals surface area contributed by atoms with Gasteiger partial charge in [0.1, 0.15) is 23.8 Å². The summed E-state index contributed by atoms with van der Waals surface area (Å²) < 4.78 is 3.42. The van der Waals surface area contributed by atoms with E-state index in [0.29, 0.717) is 43.6 Å². The lowest BCUT2D eigenvalue weighted by molar-refractivity contribution is -0.131. The molecule has 0 N–H and O–H groups in total. The Bertz CT molecular complexity index is 1350. The lowest BCUT2D eigenvalue weighted by Gasteiger charge is -2.35. The van der Waals surface area contributed by atoms with Crippen LogP contribution in [-0.2, 0) is 11.3 Å². The van der Waals surface area contributed by atoms with Crippen molar-refractivity contribution in [2.45, 2.75) is 19.9 Å². The summed E-state index contributed by atoms with van der Waals surface area (Å²) in [5, 5.41) is 0.566. The number of hydrogen-bond acceptors (Lipinski definition) is 7. The molecule has 4 heterocycles. The van der Waals surface area contributed by atoms with Crippen LogP contribution in [0.4, 0.5) is 5.82 Å². The van der Waals surface area contributed by atoms with Gasteiger partial charge in [-0.05, 0) is 19.1 Å². The number of aryl methyl sites for hydroxylation is 2. The first-order valence-electron chi connectivity index (χ1n) is 10.9. The summed E-state index contributed by atoms with van der Waals surface area (Å²) in [6.45, 7) is 4.81. The van der Waals surface area contributed by atoms with E-state index in [2.05, 4.69) is 24.8 Å². The summed E-state index contributed by atoms with van der Waals surface area (Å²) >= 11 is 0. The maximum atomic E-state index is 12.8. The molecule has 0 saturated carbocycles. The van der Waals surface area contributed by atoms with Crippen LogP contribution in [0, 0.1) is 6.92 Å². The van der Waals surface area contributed by atoms with Crippen LogP contribution in [0.15, 0.2) is 60.2 Å². The van der Waals surface area contributed by atoms with Crippen molar-refractivity contribution in [2.24, 2.45) is 0 Å². The number of para-hydroxylation sites is 1. The van der Waals surface area contributed by atoms with Gasteiger partial charge in [0.2, 0.25) is 5.91 Å². The van der Waals surface area contributed by atoms with E-state index in [0.717, 1.165) is 17.5 Å². The monoisotopic (exact) mass is 444 g/mol. The van der Waals surface area contributed by atoms with Crippen molar-refractivity contribution in [1.82, 2.24) is 34.0 Å². The van der Waals surface area contributed by atoms with E-state index in [1.807, 2.05) is 46.9 Å². The number of aromatic nitrogens is 6. The van der Waals surface area contributed by atoms with Crippen molar-refractivity contribution in [2.75, 3.05) is 31.1 Å². The summed E-state index contributed by atoms with van der Waals surface area (Å²) in [7, 11) is 0. The lowest BCUT2D eigenvalue weighted by Crippen LogP contribution is -2.49. The minimum Gasteiger partial charge on any atom is -0.353 e. The molecule has 3 aromatic heterocycles. The number of carbonyl (C=O) groups excluding carboxylic acids is 1. The van der Waals surface area contributed by atoms with E-state index in [1.54, 1.807) is 18.6 Å². The van der Waals surface area contributed by atoms with Crippen molar-refractivity contribution in [3.05, 3.63) is 71.6 Å². The van der Waals surface area contributed by atoms with Crippen molar-refractivity contribution in [3.63, 3.8) is 0 Å². The van der Waals surface area contributed by atoms with E-state index >= 15 is 0 Å². The third-order valence-corrected chi connectivity index (χ3v) is 5.97. The molecule has 5 rings (SSSR count). The summed E-state index contributed by atoms with van der Waals surface area (Å²) in [5.74, 6) is 2.49. The minimum atomic E-state index is -0.120. The van der Waals surface area contributed by atoms with Gasteiger partial charge in [-0.3, -0.25) is 18.7 Å². The molecule has 1 saturated heterocycles. The molecule has 1 aliphatic rings. The second-order valence-electron chi connectivity index (χ2n) is 7.96. The number of hydrogen-bond donors (Lipinski definition) is 0. The molecule has 10 nitrogen and oxygen atoms in total. The Morgan fingerprint density at radius 2 is 1.79 bits per heavy atom. The zero-order chi connectivity index (χ0) is 22.8. The van der Waals surface area contributed by atoms with Gasteiger partial charge in [0, 0.05) is 57.6 Å². The third-order valence-electron chi connectivity index (χ3n) is 5.97. The molecule has 10 heteroatoms. The van der Waals surface area contributed by atoms with E-state index in [4.69, 9.17) is 0 Å². The predicted molar refractivity (Wildman–Crippen MR) is 123 cm³/mol. The van der Waals surface area contributed by atoms with Crippen LogP contribution in [0.2, 0.25) is 0 Å². The van der Waals surface area contributed by atoms with Crippen molar-refractivity contribution in [1.29, 1.82) is 0 Å². The Kier molecular flexibility index (Phi) is 5.55. The maximum Gasteiger partial charge on any atom is 0.261 e. The summed E-state index contributed by atoms with van der Waals surface area (Å²) in [5.41, 5.74) is 0.545. The van der Waals surface area contributed by atoms with Crippen LogP contribution in [0.25, 0.3) is 16.7 Å². The molecule has 0 unspecified atom stereocenters. The van der Waals surface area contributed by atoms with Gasteiger partial charge in [0.05, 0.1) is 17.2 Å². The number of imidazole rings is 1. The molecule has 1 aromatic carbocycles. The van der Waals surface area contributed by atoms with Gasteiger partial charge in [0.25, 0.3) is 5.56 Å². The van der Waals surface area contributed by atoms with E-state index in [1.165, 1.54) is 10.9 Å². The predicted octanol–water partition coefficient (Wildman–Crippen LogP) is 1.42. The minimum absolute atomic E-state index is 0.0344. The highest BCUT2D eigenvalue weighted by molar-refractivity contribution is 5.77. The molecule has 0 atom stereocenters. The molecule has 1 aliphatic heterocycles. The van der Waals surface area contributed by atoms with Gasteiger partial charge in [-0.2, -0.15) is 0 Å². The smallest absolute Gasteiger partial charge is 0.261 e. The number of fused-ring (bicyclic) bond motifs is 1. The molecule has 0 bridgehead atoms. The van der Waals surface area contributed by atoms with Crippen LogP contribution in [0.1, 0.15) is 12.2 Å². The van der Waals surface area contributed by atoms with E-state index in [9.17, 15) is 9.59 Å². The highest BCUT2D eigenvalue weighted by atomic mass is 16.2. The zero-order valence-corrected chi connectivity index (χ0v) is 18.3. The van der Waals surface area contributed by atoms with Gasteiger partial charge in [-0.15, -0.1) is 0 Å². The summed E-state index contributed by atoms with van der Waals surface area (Å²) in [6, 6.07) is 9.17. The van der Waals surface area contributed by atoms with Gasteiger partial charge in [-0.1, -0.05) is 12.1 Å².